The van der Waals surface area contributed by atoms with Crippen LogP contribution in [0.4, 0.5) is 23.7 Å². The van der Waals surface area contributed by atoms with E-state index in [-0.39, 0.29) is 11.3 Å². The van der Waals surface area contributed by atoms with Crippen LogP contribution in [0.5, 0.6) is 0 Å². The first-order chi connectivity index (χ1) is 15.5. The van der Waals surface area contributed by atoms with Gasteiger partial charge in [0, 0.05) is 17.8 Å². The second-order valence-corrected chi connectivity index (χ2v) is 10.3. The number of nitrogens with one attached hydrogen (secondary N) is 2. The minimum Gasteiger partial charge on any atom is -0.444 e. The molecule has 1 aliphatic heterocycles. The van der Waals surface area contributed by atoms with Crippen molar-refractivity contribution in [1.82, 2.24) is 9.62 Å². The lowest BCUT2D eigenvalue weighted by atomic mass is 10.1. The van der Waals surface area contributed by atoms with Gasteiger partial charge in [-0.3, -0.25) is 9.59 Å². The number of benzene rings is 1. The van der Waals surface area contributed by atoms with Gasteiger partial charge in [-0.25, -0.2) is 17.9 Å². The van der Waals surface area contributed by atoms with Gasteiger partial charge >= 0.3 is 18.2 Å². The summed E-state index contributed by atoms with van der Waals surface area (Å²) in [4.78, 5) is 36.9. The van der Waals surface area contributed by atoms with Gasteiger partial charge in [0.2, 0.25) is 0 Å². The average molecular weight is 506 g/mol. The van der Waals surface area contributed by atoms with Crippen molar-refractivity contribution in [2.75, 3.05) is 11.9 Å². The molecule has 13 heteroatoms. The number of alkyl halides is 3. The van der Waals surface area contributed by atoms with Crippen LogP contribution in [0.2, 0.25) is 0 Å². The summed E-state index contributed by atoms with van der Waals surface area (Å²) in [5.41, 5.74) is -0.912. The summed E-state index contributed by atoms with van der Waals surface area (Å²) >= 11 is 0. The molecule has 0 aromatic heterocycles. The molecule has 1 fully saturated rings. The maximum absolute atomic E-state index is 12.5. The molecule has 1 aliphatic rings. The van der Waals surface area contributed by atoms with E-state index in [4.69, 9.17) is 4.74 Å². The number of likely N-dealkylation sites (tertiary alicyclic amines) is 1. The highest BCUT2D eigenvalue weighted by molar-refractivity contribution is 7.90. The van der Waals surface area contributed by atoms with Crippen LogP contribution < -0.4 is 10.0 Å². The van der Waals surface area contributed by atoms with E-state index in [0.29, 0.717) is 19.4 Å². The first-order valence-corrected chi connectivity index (χ1v) is 11.7. The molecule has 1 aromatic rings. The minimum absolute atomic E-state index is 0.0538. The maximum Gasteiger partial charge on any atom is 0.471 e. The summed E-state index contributed by atoms with van der Waals surface area (Å²) in [7, 11) is -4.35. The van der Waals surface area contributed by atoms with Crippen molar-refractivity contribution >= 4 is 33.6 Å². The molecule has 0 saturated carbocycles. The van der Waals surface area contributed by atoms with Crippen molar-refractivity contribution in [1.29, 1.82) is 0 Å². The van der Waals surface area contributed by atoms with E-state index in [1.54, 1.807) is 26.1 Å². The van der Waals surface area contributed by atoms with Gasteiger partial charge in [-0.15, -0.1) is 0 Å². The van der Waals surface area contributed by atoms with Gasteiger partial charge in [0.25, 0.3) is 15.9 Å². The number of halogens is 3. The highest BCUT2D eigenvalue weighted by atomic mass is 32.2. The van der Waals surface area contributed by atoms with Gasteiger partial charge in [0.05, 0.1) is 10.9 Å². The number of hydrogen-bond acceptors (Lipinski definition) is 6. The Balaban J connectivity index is 2.08. The Morgan fingerprint density at radius 2 is 1.71 bits per heavy atom. The van der Waals surface area contributed by atoms with Gasteiger partial charge in [-0.05, 0) is 64.8 Å². The van der Waals surface area contributed by atoms with Crippen LogP contribution in [0.1, 0.15) is 40.5 Å². The van der Waals surface area contributed by atoms with Crippen LogP contribution in [-0.2, 0) is 24.3 Å². The number of carbonyl (C=O) groups excluding carboxylic acids is 3. The fourth-order valence-corrected chi connectivity index (χ4v) is 4.08. The number of amides is 3. The maximum atomic E-state index is 12.5. The van der Waals surface area contributed by atoms with Gasteiger partial charge < -0.3 is 15.0 Å². The molecule has 0 radical (unpaired) electrons. The lowest BCUT2D eigenvalue weighted by molar-refractivity contribution is -0.167. The standard InChI is InChI=1S/C21H26F3N3O6S/c1-13(12-15-6-5-11-27(15)19(30)33-20(2,3)4)17(28)26-34(31,32)16-9-7-14(8-10-16)25-18(29)21(22,23)24/h7-10,12,15H,5-6,11H2,1-4H3,(H,25,29)(H,26,28)/b13-12+/t15-/m0/s1. The van der Waals surface area contributed by atoms with Crippen molar-refractivity contribution in [3.8, 4) is 0 Å². The summed E-state index contributed by atoms with van der Waals surface area (Å²) in [5.74, 6) is -3.13. The Kier molecular flexibility index (Phi) is 8.02. The quantitative estimate of drug-likeness (QED) is 0.592. The summed E-state index contributed by atoms with van der Waals surface area (Å²) in [6.45, 7) is 7.01. The summed E-state index contributed by atoms with van der Waals surface area (Å²) < 4.78 is 69.2. The van der Waals surface area contributed by atoms with E-state index in [1.807, 2.05) is 4.72 Å². The highest BCUT2D eigenvalue weighted by Crippen LogP contribution is 2.23. The van der Waals surface area contributed by atoms with Gasteiger partial charge in [0.15, 0.2) is 0 Å². The number of carbonyl (C=O) groups is 3. The number of sulfonamides is 1. The molecule has 34 heavy (non-hydrogen) atoms. The first kappa shape index (κ1) is 27.2. The molecule has 1 aromatic carbocycles. The van der Waals surface area contributed by atoms with Crippen LogP contribution >= 0.6 is 0 Å². The van der Waals surface area contributed by atoms with Gasteiger partial charge in [-0.1, -0.05) is 6.08 Å². The lowest BCUT2D eigenvalue weighted by Crippen LogP contribution is -2.39. The molecular weight excluding hydrogens is 479 g/mol. The fraction of sp³-hybridized carbons (Fsp3) is 0.476. The SMILES string of the molecule is C/C(=C\[C@@H]1CCCN1C(=O)OC(C)(C)C)C(=O)NS(=O)(=O)c1ccc(NC(=O)C(F)(F)F)cc1. The van der Waals surface area contributed by atoms with Crippen molar-refractivity contribution < 1.29 is 40.7 Å². The van der Waals surface area contributed by atoms with Crippen LogP contribution in [0, 0.1) is 0 Å². The minimum atomic E-state index is -5.10. The number of ether oxygens (including phenoxy) is 1. The molecular formula is C21H26F3N3O6S. The normalized spacial score (nSPS) is 17.3. The molecule has 1 atom stereocenters. The van der Waals surface area contributed by atoms with E-state index in [0.717, 1.165) is 24.3 Å². The highest BCUT2D eigenvalue weighted by Gasteiger charge is 2.38. The molecule has 188 valence electrons. The Hall–Kier alpha value is -3.09. The molecule has 0 bridgehead atoms. The first-order valence-electron chi connectivity index (χ1n) is 10.2. The van der Waals surface area contributed by atoms with E-state index in [9.17, 15) is 36.0 Å². The lowest BCUT2D eigenvalue weighted by Gasteiger charge is -2.27. The Labute approximate surface area is 195 Å². The van der Waals surface area contributed by atoms with Crippen LogP contribution in [0.15, 0.2) is 40.8 Å². The smallest absolute Gasteiger partial charge is 0.444 e. The zero-order chi connectivity index (χ0) is 25.9. The Morgan fingerprint density at radius 1 is 1.12 bits per heavy atom. The third-order valence-electron chi connectivity index (χ3n) is 4.63. The van der Waals surface area contributed by atoms with Crippen molar-refractivity contribution in [3.05, 3.63) is 35.9 Å². The zero-order valence-corrected chi connectivity index (χ0v) is 19.8. The van der Waals surface area contributed by atoms with Crippen molar-refractivity contribution in [2.24, 2.45) is 0 Å². The topological polar surface area (TPSA) is 122 Å². The molecule has 1 heterocycles. The average Bonchev–Trinajstić information content (AvgIpc) is 3.14. The monoisotopic (exact) mass is 505 g/mol. The summed E-state index contributed by atoms with van der Waals surface area (Å²) in [6.07, 6.45) is -2.89. The fourth-order valence-electron chi connectivity index (χ4n) is 3.06. The second kappa shape index (κ2) is 10.0. The zero-order valence-electron chi connectivity index (χ0n) is 19.0. The molecule has 1 saturated heterocycles. The predicted molar refractivity (Wildman–Crippen MR) is 116 cm³/mol. The Bertz CT molecular complexity index is 1080. The number of nitrogens with zero attached hydrogens (tertiary/aromatic N) is 1. The van der Waals surface area contributed by atoms with E-state index >= 15 is 0 Å². The van der Waals surface area contributed by atoms with Gasteiger partial charge in [-0.2, -0.15) is 13.2 Å². The van der Waals surface area contributed by atoms with E-state index < -0.39 is 50.6 Å². The third kappa shape index (κ3) is 7.47. The van der Waals surface area contributed by atoms with Crippen LogP contribution in [-0.4, -0.2) is 55.6 Å². The molecule has 2 rings (SSSR count). The Morgan fingerprint density at radius 3 is 2.24 bits per heavy atom. The molecule has 2 N–H and O–H groups in total. The van der Waals surface area contributed by atoms with Crippen LogP contribution in [0.3, 0.4) is 0 Å². The van der Waals surface area contributed by atoms with Crippen molar-refractivity contribution in [3.63, 3.8) is 0 Å². The van der Waals surface area contributed by atoms with E-state index in [1.165, 1.54) is 17.9 Å². The molecule has 3 amide bonds. The summed E-state index contributed by atoms with van der Waals surface area (Å²) in [6, 6.07) is 3.37. The summed E-state index contributed by atoms with van der Waals surface area (Å²) in [5, 5.41) is 1.59. The number of rotatable bonds is 5. The number of anilines is 1. The van der Waals surface area contributed by atoms with Gasteiger partial charge in [0.1, 0.15) is 5.60 Å². The molecule has 9 nitrogen and oxygen atoms in total. The second-order valence-electron chi connectivity index (χ2n) is 8.64. The van der Waals surface area contributed by atoms with E-state index in [2.05, 4.69) is 0 Å². The molecule has 0 aliphatic carbocycles. The predicted octanol–water partition coefficient (Wildman–Crippen LogP) is 3.34. The van der Waals surface area contributed by atoms with Crippen LogP contribution in [0.25, 0.3) is 0 Å². The third-order valence-corrected chi connectivity index (χ3v) is 5.98. The molecule has 0 spiro atoms. The largest absolute Gasteiger partial charge is 0.471 e. The number of hydrogen-bond donors (Lipinski definition) is 2. The molecule has 0 unspecified atom stereocenters. The van der Waals surface area contributed by atoms with Crippen molar-refractivity contribution in [2.45, 2.75) is 63.3 Å².